The number of nitrogens with zero attached hydrogens (tertiary/aromatic N) is 2. The number of nitrogens with one attached hydrogen (secondary N) is 1. The van der Waals surface area contributed by atoms with Crippen LogP contribution < -0.4 is 5.32 Å². The Hall–Kier alpha value is -6.14. The molecule has 3 radical (unpaired) electrons. The topological polar surface area (TPSA) is 200 Å². The molecule has 0 fully saturated rings. The molecule has 0 bridgehead atoms. The van der Waals surface area contributed by atoms with E-state index in [2.05, 4.69) is 107 Å². The number of phenolic OH excluding ortho intramolecular Hbond substituents is 5. The van der Waals surface area contributed by atoms with Crippen LogP contribution in [0.2, 0.25) is 0 Å². The van der Waals surface area contributed by atoms with E-state index in [4.69, 9.17) is 7.85 Å². The number of phenols is 5. The molecule has 66 heavy (non-hydrogen) atoms. The van der Waals surface area contributed by atoms with Crippen LogP contribution in [0.5, 0.6) is 28.7 Å². The number of hydrogen-bond acceptors (Lipinski definition) is 10. The maximum Gasteiger partial charge on any atom is 0.180 e. The van der Waals surface area contributed by atoms with E-state index in [1.165, 1.54) is 5.57 Å². The molecule has 0 aliphatic heterocycles. The molecule has 0 saturated carbocycles. The molecule has 0 saturated heterocycles. The van der Waals surface area contributed by atoms with Crippen LogP contribution in [-0.4, -0.2) is 67.0 Å². The first kappa shape index (κ1) is 47.8. The van der Waals surface area contributed by atoms with E-state index in [0.29, 0.717) is 5.56 Å². The zero-order chi connectivity index (χ0) is 46.6. The average molecular weight is 956 g/mol. The average Bonchev–Trinajstić information content (AvgIpc) is 3.60. The van der Waals surface area contributed by atoms with E-state index < -0.39 is 68.6 Å². The second-order valence-corrected chi connectivity index (χ2v) is 16.9. The molecule has 2 aliphatic carbocycles. The quantitative estimate of drug-likeness (QED) is 0.0188. The molecule has 11 nitrogen and oxygen atoms in total. The van der Waals surface area contributed by atoms with E-state index in [0.717, 1.165) is 65.6 Å². The van der Waals surface area contributed by atoms with Gasteiger partial charge in [-0.25, -0.2) is 0 Å². The van der Waals surface area contributed by atoms with Gasteiger partial charge in [0.1, 0.15) is 13.6 Å². The molecule has 0 heterocycles. The summed E-state index contributed by atoms with van der Waals surface area (Å²) in [6.45, 7) is 9.08. The van der Waals surface area contributed by atoms with Crippen LogP contribution in [0.25, 0.3) is 33.3 Å². The fraction of sp³-hybridized carbons (Fsp3) is 0.189. The summed E-state index contributed by atoms with van der Waals surface area (Å²) in [5.41, 5.74) is 4.27. The summed E-state index contributed by atoms with van der Waals surface area (Å²) >= 11 is 0. The minimum atomic E-state index is -2.84. The van der Waals surface area contributed by atoms with Crippen molar-refractivity contribution in [3.05, 3.63) is 183 Å². The molecule has 2 aliphatic rings. The number of aliphatic imine (C=N–C) groups is 1. The summed E-state index contributed by atoms with van der Waals surface area (Å²) in [6, 6.07) is 35.3. The monoisotopic (exact) mass is 955 g/mol. The van der Waals surface area contributed by atoms with Crippen molar-refractivity contribution in [2.45, 2.75) is 63.4 Å². The van der Waals surface area contributed by atoms with Crippen molar-refractivity contribution in [1.29, 1.82) is 0 Å². The van der Waals surface area contributed by atoms with Gasteiger partial charge in [0.2, 0.25) is 0 Å². The molecular weight excluding hydrogens is 906 g/mol. The van der Waals surface area contributed by atoms with Crippen LogP contribution in [0.1, 0.15) is 77.1 Å². The van der Waals surface area contributed by atoms with Gasteiger partial charge in [0, 0.05) is 49.8 Å². The second-order valence-electron chi connectivity index (χ2n) is 16.9. The Bertz CT molecular complexity index is 2930. The molecule has 3 atom stereocenters. The minimum Gasteiger partial charge on any atom is -0.630 e. The first-order valence-corrected chi connectivity index (χ1v) is 21.1. The van der Waals surface area contributed by atoms with E-state index in [1.54, 1.807) is 13.8 Å². The van der Waals surface area contributed by atoms with Gasteiger partial charge in [-0.2, -0.15) is 0 Å². The van der Waals surface area contributed by atoms with Crippen LogP contribution in [-0.2, 0) is 38.1 Å². The van der Waals surface area contributed by atoms with Gasteiger partial charge in [-0.15, -0.1) is 0 Å². The Balaban J connectivity index is 0.00000648. The van der Waals surface area contributed by atoms with Crippen molar-refractivity contribution in [2.24, 2.45) is 4.99 Å². The van der Waals surface area contributed by atoms with Crippen molar-refractivity contribution in [1.82, 2.24) is 0 Å². The number of hydrogen-bond donors (Lipinski definition) is 9. The molecule has 0 amide bonds. The summed E-state index contributed by atoms with van der Waals surface area (Å²) in [7, 11) is 5.69. The third-order valence-corrected chi connectivity index (χ3v) is 12.3. The van der Waals surface area contributed by atoms with Gasteiger partial charge in [0.25, 0.3) is 0 Å². The Kier molecular flexibility index (Phi) is 13.2. The van der Waals surface area contributed by atoms with Gasteiger partial charge in [-0.3, -0.25) is 4.99 Å². The van der Waals surface area contributed by atoms with Gasteiger partial charge < -0.3 is 51.5 Å². The van der Waals surface area contributed by atoms with Crippen molar-refractivity contribution in [2.75, 3.05) is 5.32 Å². The molecular formula is C53H49BN3O8Y-. The second kappa shape index (κ2) is 18.3. The van der Waals surface area contributed by atoms with Crippen LogP contribution in [0.3, 0.4) is 0 Å². The van der Waals surface area contributed by atoms with E-state index >= 15 is 0 Å². The van der Waals surface area contributed by atoms with Crippen LogP contribution >= 0.6 is 0 Å². The molecule has 9 N–H and O–H groups in total. The van der Waals surface area contributed by atoms with E-state index in [1.807, 2.05) is 42.5 Å². The summed E-state index contributed by atoms with van der Waals surface area (Å²) < 4.78 is 0. The molecule has 8 rings (SSSR count). The Morgan fingerprint density at radius 3 is 1.98 bits per heavy atom. The number of anilines is 1. The molecule has 3 unspecified atom stereocenters. The fourth-order valence-corrected chi connectivity index (χ4v) is 9.60. The molecule has 0 spiro atoms. The number of allylic oxidation sites excluding steroid dienone is 5. The maximum atomic E-state index is 12.1. The summed E-state index contributed by atoms with van der Waals surface area (Å²) in [5, 5.41) is 95.0. The standard InChI is InChI=1S/C53H49BN3O8.Y/c1-29-30(2)41(43-46(58)44(57-52(4,64)65)45(50(62)49(43)61)56-51(3,54)63)48(60)47(59)40(29)39(55-5)28-36(31-18-9-6-10-19-31)34-25-17-27-38-42(34)35-24-15-16-26-37(35)53(38,32-20-11-7-12-21-32)33-22-13-8-14-23-33;/h6-7,9-13,15-28,36,56,58-65H,5,8,14H2,1-4H3;/q-1;/b39-28-;. The number of benzene rings is 6. The predicted octanol–water partition coefficient (Wildman–Crippen LogP) is 9.87. The zero-order valence-electron chi connectivity index (χ0n) is 36.9. The number of aromatic hydroxyl groups is 5. The first-order chi connectivity index (χ1) is 30.9. The van der Waals surface area contributed by atoms with Crippen molar-refractivity contribution < 1.29 is 73.6 Å². The smallest absolute Gasteiger partial charge is 0.180 e. The molecule has 13 heteroatoms. The van der Waals surface area contributed by atoms with E-state index in [9.17, 15) is 40.9 Å². The van der Waals surface area contributed by atoms with Gasteiger partial charge in [-0.05, 0) is 109 Å². The normalized spacial score (nSPS) is 16.8. The molecule has 0 aromatic heterocycles. The van der Waals surface area contributed by atoms with Gasteiger partial charge in [0.05, 0.1) is 33.9 Å². The number of aliphatic hydroxyl groups is 3. The van der Waals surface area contributed by atoms with E-state index in [-0.39, 0.29) is 55.1 Å². The van der Waals surface area contributed by atoms with Crippen molar-refractivity contribution in [3.63, 3.8) is 0 Å². The van der Waals surface area contributed by atoms with Crippen molar-refractivity contribution in [3.8, 4) is 51.0 Å². The molecule has 331 valence electrons. The van der Waals surface area contributed by atoms with Crippen LogP contribution in [0.15, 0.2) is 138 Å². The number of rotatable bonds is 12. The number of fused-ring (bicyclic) bond motifs is 3. The van der Waals surface area contributed by atoms with Gasteiger partial charge in [-0.1, -0.05) is 127 Å². The third kappa shape index (κ3) is 8.22. The minimum absolute atomic E-state index is 0. The molecule has 6 aromatic rings. The SMILES string of the molecule is [B]C(C)(O)Nc1c(O)c(O)c(-c2c(C)c(C)c(/C(=C/C(c3ccccc3)c3cccc4c3-c3ccccc3C4(C3=CCCC=C3)c3ccccc3)N=C)c(O)c2O)c(O)c1[N-]C(C)(O)O.[Y]. The third-order valence-electron chi connectivity index (χ3n) is 12.3. The van der Waals surface area contributed by atoms with Gasteiger partial charge in [0.15, 0.2) is 23.0 Å². The maximum absolute atomic E-state index is 12.1. The fourth-order valence-electron chi connectivity index (χ4n) is 9.60. The largest absolute Gasteiger partial charge is 0.630 e. The Labute approximate surface area is 410 Å². The Morgan fingerprint density at radius 2 is 1.36 bits per heavy atom. The first-order valence-electron chi connectivity index (χ1n) is 21.1. The summed E-state index contributed by atoms with van der Waals surface area (Å²) in [5.74, 6) is -7.83. The molecule has 6 aromatic carbocycles. The van der Waals surface area contributed by atoms with Crippen LogP contribution in [0, 0.1) is 13.8 Å². The van der Waals surface area contributed by atoms with Crippen LogP contribution in [0.4, 0.5) is 11.4 Å². The summed E-state index contributed by atoms with van der Waals surface area (Å²) in [4.78, 5) is 4.46. The van der Waals surface area contributed by atoms with Crippen molar-refractivity contribution >= 4 is 31.6 Å². The predicted molar refractivity (Wildman–Crippen MR) is 256 cm³/mol. The van der Waals surface area contributed by atoms with Gasteiger partial charge >= 0.3 is 0 Å². The summed E-state index contributed by atoms with van der Waals surface area (Å²) in [6.07, 6.45) is 10.6. The zero-order valence-corrected chi connectivity index (χ0v) is 39.8. The Morgan fingerprint density at radius 1 is 0.742 bits per heavy atom.